The summed E-state index contributed by atoms with van der Waals surface area (Å²) in [4.78, 5) is 2.56. The molecule has 0 aliphatic carbocycles. The van der Waals surface area contributed by atoms with Crippen LogP contribution in [0, 0.1) is 0 Å². The maximum Gasteiger partial charge on any atom is 0.170 e. The van der Waals surface area contributed by atoms with Crippen molar-refractivity contribution in [3.05, 3.63) is 29.8 Å². The molecule has 4 heteroatoms. The highest BCUT2D eigenvalue weighted by Gasteiger charge is 2.40. The van der Waals surface area contributed by atoms with Gasteiger partial charge in [-0.2, -0.15) is 0 Å². The number of rotatable bonds is 2. The molecule has 0 N–H and O–H groups in total. The minimum absolute atomic E-state index is 0.260. The van der Waals surface area contributed by atoms with Crippen LogP contribution in [0.5, 0.6) is 5.75 Å². The van der Waals surface area contributed by atoms with Crippen molar-refractivity contribution in [3.63, 3.8) is 0 Å². The monoisotopic (exact) mass is 289 g/mol. The van der Waals surface area contributed by atoms with Gasteiger partial charge in [-0.15, -0.1) is 0 Å². The molecule has 3 heterocycles. The number of hydrogen-bond acceptors (Lipinski definition) is 4. The third kappa shape index (κ3) is 2.68. The van der Waals surface area contributed by atoms with E-state index in [1.165, 1.54) is 5.56 Å². The molecule has 1 atom stereocenters. The number of hydrogen-bond donors (Lipinski definition) is 0. The van der Waals surface area contributed by atoms with E-state index < -0.39 is 0 Å². The van der Waals surface area contributed by atoms with Gasteiger partial charge in [-0.05, 0) is 18.1 Å². The first kappa shape index (κ1) is 13.6. The summed E-state index contributed by atoms with van der Waals surface area (Å²) in [5, 5.41) is 0. The van der Waals surface area contributed by atoms with E-state index >= 15 is 0 Å². The van der Waals surface area contributed by atoms with Crippen molar-refractivity contribution in [1.82, 2.24) is 4.90 Å². The lowest BCUT2D eigenvalue weighted by atomic mass is 9.91. The van der Waals surface area contributed by atoms with Gasteiger partial charge in [0.2, 0.25) is 0 Å². The van der Waals surface area contributed by atoms with Crippen LogP contribution in [0.1, 0.15) is 30.7 Å². The van der Waals surface area contributed by atoms with Crippen LogP contribution in [0.25, 0.3) is 0 Å². The standard InChI is InChI=1S/C17H23NO3/c1-2-4-16-15(3-1)14(5-10-19-16)13-18-8-6-17(7-9-18)20-11-12-21-17/h1-4,14H,5-13H2. The minimum Gasteiger partial charge on any atom is -0.493 e. The average molecular weight is 289 g/mol. The molecule has 3 aliphatic rings. The highest BCUT2D eigenvalue weighted by Crippen LogP contribution is 2.36. The van der Waals surface area contributed by atoms with Crippen LogP contribution in [-0.4, -0.2) is 50.1 Å². The Morgan fingerprint density at radius 3 is 2.62 bits per heavy atom. The third-order valence-electron chi connectivity index (χ3n) is 4.99. The SMILES string of the molecule is c1ccc2c(c1)OCCC2CN1CCC2(CC1)OCCO2. The Morgan fingerprint density at radius 1 is 1.05 bits per heavy atom. The van der Waals surface area contributed by atoms with Gasteiger partial charge in [0.15, 0.2) is 5.79 Å². The van der Waals surface area contributed by atoms with Crippen LogP contribution < -0.4 is 4.74 Å². The Bertz CT molecular complexity index is 489. The summed E-state index contributed by atoms with van der Waals surface area (Å²) in [6, 6.07) is 8.48. The van der Waals surface area contributed by atoms with E-state index in [0.717, 1.165) is 64.5 Å². The summed E-state index contributed by atoms with van der Waals surface area (Å²) in [7, 11) is 0. The van der Waals surface area contributed by atoms with Crippen molar-refractivity contribution in [3.8, 4) is 5.75 Å². The zero-order valence-corrected chi connectivity index (χ0v) is 12.4. The number of fused-ring (bicyclic) bond motifs is 1. The second kappa shape index (κ2) is 5.59. The lowest BCUT2D eigenvalue weighted by Crippen LogP contribution is -2.46. The van der Waals surface area contributed by atoms with Crippen LogP contribution in [-0.2, 0) is 9.47 Å². The van der Waals surface area contributed by atoms with Gasteiger partial charge in [-0.25, -0.2) is 0 Å². The van der Waals surface area contributed by atoms with Crippen LogP contribution in [0.2, 0.25) is 0 Å². The molecule has 21 heavy (non-hydrogen) atoms. The van der Waals surface area contributed by atoms with Crippen LogP contribution >= 0.6 is 0 Å². The number of para-hydroxylation sites is 1. The van der Waals surface area contributed by atoms with E-state index in [4.69, 9.17) is 14.2 Å². The van der Waals surface area contributed by atoms with E-state index in [1.54, 1.807) is 0 Å². The van der Waals surface area contributed by atoms with Crippen LogP contribution in [0.4, 0.5) is 0 Å². The average Bonchev–Trinajstić information content (AvgIpc) is 2.99. The van der Waals surface area contributed by atoms with Gasteiger partial charge in [0.05, 0.1) is 19.8 Å². The lowest BCUT2D eigenvalue weighted by molar-refractivity contribution is -0.185. The Morgan fingerprint density at radius 2 is 1.81 bits per heavy atom. The zero-order valence-electron chi connectivity index (χ0n) is 12.4. The number of nitrogens with zero attached hydrogens (tertiary/aromatic N) is 1. The van der Waals surface area contributed by atoms with Gasteiger partial charge in [-0.3, -0.25) is 0 Å². The number of ether oxygens (including phenoxy) is 3. The fourth-order valence-electron chi connectivity index (χ4n) is 3.78. The topological polar surface area (TPSA) is 30.9 Å². The molecule has 1 unspecified atom stereocenters. The number of benzene rings is 1. The second-order valence-corrected chi connectivity index (χ2v) is 6.28. The third-order valence-corrected chi connectivity index (χ3v) is 4.99. The molecule has 4 nitrogen and oxygen atoms in total. The maximum atomic E-state index is 5.81. The van der Waals surface area contributed by atoms with Crippen LogP contribution in [0.15, 0.2) is 24.3 Å². The van der Waals surface area contributed by atoms with Crippen molar-refractivity contribution < 1.29 is 14.2 Å². The molecule has 0 aromatic heterocycles. The van der Waals surface area contributed by atoms with Crippen molar-refractivity contribution in [2.75, 3.05) is 39.5 Å². The van der Waals surface area contributed by atoms with Crippen LogP contribution in [0.3, 0.4) is 0 Å². The Kier molecular flexibility index (Phi) is 3.61. The molecule has 3 aliphatic heterocycles. The van der Waals surface area contributed by atoms with E-state index in [1.807, 2.05) is 0 Å². The Hall–Kier alpha value is -1.10. The van der Waals surface area contributed by atoms with Gasteiger partial charge >= 0.3 is 0 Å². The molecule has 1 aromatic carbocycles. The summed E-state index contributed by atoms with van der Waals surface area (Å²) >= 11 is 0. The van der Waals surface area contributed by atoms with E-state index in [2.05, 4.69) is 29.2 Å². The Balaban J connectivity index is 1.39. The predicted octanol–water partition coefficient (Wildman–Crippen LogP) is 2.39. The molecule has 0 amide bonds. The Labute approximate surface area is 126 Å². The summed E-state index contributed by atoms with van der Waals surface area (Å²) in [5.74, 6) is 1.41. The molecule has 0 bridgehead atoms. The molecular weight excluding hydrogens is 266 g/mol. The smallest absolute Gasteiger partial charge is 0.170 e. The minimum atomic E-state index is -0.260. The van der Waals surface area contributed by atoms with Gasteiger partial charge < -0.3 is 19.1 Å². The fourth-order valence-corrected chi connectivity index (χ4v) is 3.78. The first-order chi connectivity index (χ1) is 10.3. The summed E-state index contributed by atoms with van der Waals surface area (Å²) in [5.41, 5.74) is 1.37. The first-order valence-electron chi connectivity index (χ1n) is 8.07. The van der Waals surface area contributed by atoms with Gasteiger partial charge in [0.25, 0.3) is 0 Å². The lowest BCUT2D eigenvalue weighted by Gasteiger charge is -2.39. The molecule has 114 valence electrons. The largest absolute Gasteiger partial charge is 0.493 e. The summed E-state index contributed by atoms with van der Waals surface area (Å²) < 4.78 is 17.4. The molecule has 0 saturated carbocycles. The van der Waals surface area contributed by atoms with Gasteiger partial charge in [0.1, 0.15) is 5.75 Å². The molecule has 0 radical (unpaired) electrons. The molecule has 2 fully saturated rings. The molecule has 2 saturated heterocycles. The first-order valence-corrected chi connectivity index (χ1v) is 8.07. The van der Waals surface area contributed by atoms with Crippen molar-refractivity contribution >= 4 is 0 Å². The number of piperidine rings is 1. The normalized spacial score (nSPS) is 28.3. The number of likely N-dealkylation sites (tertiary alicyclic amines) is 1. The predicted molar refractivity (Wildman–Crippen MR) is 79.6 cm³/mol. The summed E-state index contributed by atoms with van der Waals surface area (Å²) in [6.45, 7) is 5.61. The van der Waals surface area contributed by atoms with Gasteiger partial charge in [-0.1, -0.05) is 18.2 Å². The molecule has 4 rings (SSSR count). The highest BCUT2D eigenvalue weighted by atomic mass is 16.7. The molecule has 1 aromatic rings. The summed E-state index contributed by atoms with van der Waals surface area (Å²) in [6.07, 6.45) is 3.11. The van der Waals surface area contributed by atoms with Crippen molar-refractivity contribution in [1.29, 1.82) is 0 Å². The molecule has 1 spiro atoms. The zero-order chi connectivity index (χ0) is 14.1. The quantitative estimate of drug-likeness (QED) is 0.836. The van der Waals surface area contributed by atoms with E-state index in [0.29, 0.717) is 5.92 Å². The van der Waals surface area contributed by atoms with E-state index in [-0.39, 0.29) is 5.79 Å². The van der Waals surface area contributed by atoms with Gasteiger partial charge in [0, 0.05) is 38.4 Å². The fraction of sp³-hybridized carbons (Fsp3) is 0.647. The van der Waals surface area contributed by atoms with Crippen molar-refractivity contribution in [2.45, 2.75) is 31.0 Å². The van der Waals surface area contributed by atoms with Crippen molar-refractivity contribution in [2.24, 2.45) is 0 Å². The second-order valence-electron chi connectivity index (χ2n) is 6.28. The maximum absolute atomic E-state index is 5.81. The highest BCUT2D eigenvalue weighted by molar-refractivity contribution is 5.37. The molecular formula is C17H23NO3. The van der Waals surface area contributed by atoms with E-state index in [9.17, 15) is 0 Å².